The lowest BCUT2D eigenvalue weighted by atomic mass is 9.97. The van der Waals surface area contributed by atoms with Gasteiger partial charge in [0.1, 0.15) is 5.70 Å². The Labute approximate surface area is 183 Å². The van der Waals surface area contributed by atoms with Gasteiger partial charge in [-0.2, -0.15) is 0 Å². The highest BCUT2D eigenvalue weighted by Gasteiger charge is 2.39. The molecule has 4 nitrogen and oxygen atoms in total. The minimum absolute atomic E-state index is 0.241. The molecule has 3 aromatic carbocycles. The average molecular weight is 411 g/mol. The number of benzene rings is 3. The zero-order valence-corrected chi connectivity index (χ0v) is 18.3. The first-order chi connectivity index (χ1) is 14.8. The second-order valence-electron chi connectivity index (χ2n) is 8.19. The summed E-state index contributed by atoms with van der Waals surface area (Å²) in [5.41, 5.74) is 7.48. The molecule has 31 heavy (non-hydrogen) atoms. The summed E-state index contributed by atoms with van der Waals surface area (Å²) in [5.74, 6) is -0.571. The first-order valence-electron chi connectivity index (χ1n) is 10.4. The van der Waals surface area contributed by atoms with Gasteiger partial charge in [0.25, 0.3) is 11.8 Å². The number of imide groups is 1. The van der Waals surface area contributed by atoms with Crippen LogP contribution in [0.4, 0.5) is 5.69 Å². The highest BCUT2D eigenvalue weighted by molar-refractivity contribution is 6.36. The SMILES string of the molecule is Cc1ccc(C2=C(Nc3cc(C)ccc3C)C(=O)N(Cc3ccccc3)C2=O)c(C)c1. The number of anilines is 1. The average Bonchev–Trinajstić information content (AvgIpc) is 2.96. The van der Waals surface area contributed by atoms with Gasteiger partial charge in [-0.1, -0.05) is 66.2 Å². The third-order valence-corrected chi connectivity index (χ3v) is 5.66. The summed E-state index contributed by atoms with van der Waals surface area (Å²) in [6.07, 6.45) is 0. The van der Waals surface area contributed by atoms with E-state index in [0.717, 1.165) is 39.1 Å². The predicted molar refractivity (Wildman–Crippen MR) is 124 cm³/mol. The van der Waals surface area contributed by atoms with Crippen LogP contribution in [0.1, 0.15) is 33.4 Å². The molecule has 1 N–H and O–H groups in total. The number of carbonyl (C=O) groups excluding carboxylic acids is 2. The summed E-state index contributed by atoms with van der Waals surface area (Å²) in [6.45, 7) is 8.23. The highest BCUT2D eigenvalue weighted by Crippen LogP contribution is 2.34. The van der Waals surface area contributed by atoms with Crippen molar-refractivity contribution in [3.8, 4) is 0 Å². The molecule has 0 radical (unpaired) electrons. The summed E-state index contributed by atoms with van der Waals surface area (Å²) in [5, 5.41) is 3.30. The van der Waals surface area contributed by atoms with Gasteiger partial charge in [-0.3, -0.25) is 14.5 Å². The fourth-order valence-corrected chi connectivity index (χ4v) is 3.95. The van der Waals surface area contributed by atoms with Gasteiger partial charge < -0.3 is 5.32 Å². The van der Waals surface area contributed by atoms with Gasteiger partial charge in [0.2, 0.25) is 0 Å². The van der Waals surface area contributed by atoms with Crippen LogP contribution in [0.3, 0.4) is 0 Å². The van der Waals surface area contributed by atoms with Crippen molar-refractivity contribution in [1.29, 1.82) is 0 Å². The van der Waals surface area contributed by atoms with E-state index in [1.165, 1.54) is 4.90 Å². The van der Waals surface area contributed by atoms with Crippen molar-refractivity contribution in [2.24, 2.45) is 0 Å². The maximum atomic E-state index is 13.5. The Morgan fingerprint density at radius 2 is 1.42 bits per heavy atom. The van der Waals surface area contributed by atoms with Crippen LogP contribution < -0.4 is 5.32 Å². The number of amides is 2. The molecule has 0 saturated carbocycles. The van der Waals surface area contributed by atoms with Crippen molar-refractivity contribution < 1.29 is 9.59 Å². The minimum atomic E-state index is -0.301. The zero-order valence-electron chi connectivity index (χ0n) is 18.3. The van der Waals surface area contributed by atoms with Gasteiger partial charge in [0, 0.05) is 5.69 Å². The van der Waals surface area contributed by atoms with E-state index in [4.69, 9.17) is 0 Å². The molecule has 156 valence electrons. The van der Waals surface area contributed by atoms with Gasteiger partial charge in [0.15, 0.2) is 0 Å². The molecule has 0 aromatic heterocycles. The van der Waals surface area contributed by atoms with Crippen molar-refractivity contribution in [2.45, 2.75) is 34.2 Å². The van der Waals surface area contributed by atoms with Crippen LogP contribution in [-0.4, -0.2) is 16.7 Å². The molecule has 1 aliphatic rings. The molecule has 1 aliphatic heterocycles. The lowest BCUT2D eigenvalue weighted by Gasteiger charge is -2.16. The van der Waals surface area contributed by atoms with Crippen LogP contribution in [0.5, 0.6) is 0 Å². The van der Waals surface area contributed by atoms with Gasteiger partial charge in [-0.25, -0.2) is 0 Å². The number of nitrogens with one attached hydrogen (secondary N) is 1. The summed E-state index contributed by atoms with van der Waals surface area (Å²) in [7, 11) is 0. The van der Waals surface area contributed by atoms with Crippen LogP contribution in [0.2, 0.25) is 0 Å². The van der Waals surface area contributed by atoms with Crippen LogP contribution in [0.25, 0.3) is 5.57 Å². The van der Waals surface area contributed by atoms with Crippen molar-refractivity contribution in [2.75, 3.05) is 5.32 Å². The minimum Gasteiger partial charge on any atom is -0.350 e. The van der Waals surface area contributed by atoms with E-state index in [9.17, 15) is 9.59 Å². The molecule has 0 bridgehead atoms. The Morgan fingerprint density at radius 3 is 2.13 bits per heavy atom. The maximum absolute atomic E-state index is 13.5. The predicted octanol–water partition coefficient (Wildman–Crippen LogP) is 5.31. The number of carbonyl (C=O) groups is 2. The summed E-state index contributed by atoms with van der Waals surface area (Å²) >= 11 is 0. The molecular weight excluding hydrogens is 384 g/mol. The van der Waals surface area contributed by atoms with Crippen molar-refractivity contribution in [3.05, 3.63) is 106 Å². The molecule has 4 rings (SSSR count). The number of hydrogen-bond acceptors (Lipinski definition) is 3. The molecule has 0 saturated heterocycles. The fraction of sp³-hybridized carbons (Fsp3) is 0.185. The van der Waals surface area contributed by atoms with Crippen LogP contribution in [0, 0.1) is 27.7 Å². The first-order valence-corrected chi connectivity index (χ1v) is 10.4. The van der Waals surface area contributed by atoms with Gasteiger partial charge >= 0.3 is 0 Å². The monoisotopic (exact) mass is 410 g/mol. The summed E-state index contributed by atoms with van der Waals surface area (Å²) < 4.78 is 0. The quantitative estimate of drug-likeness (QED) is 0.580. The third-order valence-electron chi connectivity index (χ3n) is 5.66. The molecule has 2 amide bonds. The van der Waals surface area contributed by atoms with E-state index in [2.05, 4.69) is 5.32 Å². The van der Waals surface area contributed by atoms with Gasteiger partial charge in [0.05, 0.1) is 12.1 Å². The molecular formula is C27H26N2O2. The molecule has 1 heterocycles. The van der Waals surface area contributed by atoms with Crippen LogP contribution >= 0.6 is 0 Å². The van der Waals surface area contributed by atoms with E-state index in [0.29, 0.717) is 11.3 Å². The highest BCUT2D eigenvalue weighted by atomic mass is 16.2. The maximum Gasteiger partial charge on any atom is 0.278 e. The fourth-order valence-electron chi connectivity index (χ4n) is 3.95. The lowest BCUT2D eigenvalue weighted by Crippen LogP contribution is -2.32. The zero-order chi connectivity index (χ0) is 22.1. The van der Waals surface area contributed by atoms with E-state index < -0.39 is 0 Å². The third kappa shape index (κ3) is 4.02. The number of hydrogen-bond donors (Lipinski definition) is 1. The molecule has 4 heteroatoms. The Balaban J connectivity index is 1.81. The topological polar surface area (TPSA) is 49.4 Å². The van der Waals surface area contributed by atoms with Crippen molar-refractivity contribution in [1.82, 2.24) is 4.90 Å². The smallest absolute Gasteiger partial charge is 0.278 e. The number of nitrogens with zero attached hydrogens (tertiary/aromatic N) is 1. The van der Waals surface area contributed by atoms with Gasteiger partial charge in [-0.05, 0) is 61.6 Å². The van der Waals surface area contributed by atoms with E-state index in [1.807, 2.05) is 94.4 Å². The van der Waals surface area contributed by atoms with E-state index in [1.54, 1.807) is 0 Å². The number of rotatable bonds is 5. The Morgan fingerprint density at radius 1 is 0.742 bits per heavy atom. The Hall–Kier alpha value is -3.66. The van der Waals surface area contributed by atoms with Crippen LogP contribution in [-0.2, 0) is 16.1 Å². The van der Waals surface area contributed by atoms with E-state index in [-0.39, 0.29) is 18.4 Å². The van der Waals surface area contributed by atoms with Crippen molar-refractivity contribution >= 4 is 23.1 Å². The second kappa shape index (κ2) is 8.23. The molecule has 0 atom stereocenters. The standard InChI is InChI=1S/C27H26N2O2/c1-17-11-13-22(20(4)14-17)24-25(28-23-15-18(2)10-12-19(23)3)27(31)29(26(24)30)16-21-8-6-5-7-9-21/h5-15,28H,16H2,1-4H3. The Bertz CT molecular complexity index is 1210. The molecule has 0 spiro atoms. The lowest BCUT2D eigenvalue weighted by molar-refractivity contribution is -0.137. The molecule has 0 fully saturated rings. The Kier molecular flexibility index (Phi) is 5.47. The largest absolute Gasteiger partial charge is 0.350 e. The van der Waals surface area contributed by atoms with Crippen LogP contribution in [0.15, 0.2) is 72.4 Å². The van der Waals surface area contributed by atoms with Gasteiger partial charge in [-0.15, -0.1) is 0 Å². The molecule has 3 aromatic rings. The van der Waals surface area contributed by atoms with E-state index >= 15 is 0 Å². The summed E-state index contributed by atoms with van der Waals surface area (Å²) in [6, 6.07) is 21.6. The summed E-state index contributed by atoms with van der Waals surface area (Å²) in [4.78, 5) is 28.3. The molecule has 0 aliphatic carbocycles. The van der Waals surface area contributed by atoms with Crippen molar-refractivity contribution in [3.63, 3.8) is 0 Å². The first kappa shape index (κ1) is 20.6. The second-order valence-corrected chi connectivity index (χ2v) is 8.19. The number of aryl methyl sites for hydroxylation is 4. The molecule has 0 unspecified atom stereocenters. The normalized spacial score (nSPS) is 13.9.